The number of aromatic nitrogens is 1. The predicted octanol–water partition coefficient (Wildman–Crippen LogP) is 5.40. The third kappa shape index (κ3) is 4.22. The number of fused-ring (bicyclic) bond motifs is 2. The maximum atomic E-state index is 10.7. The number of piperidine rings is 1. The summed E-state index contributed by atoms with van der Waals surface area (Å²) in [5.41, 5.74) is 1.05. The Labute approximate surface area is 192 Å². The van der Waals surface area contributed by atoms with Crippen molar-refractivity contribution in [3.63, 3.8) is 0 Å². The van der Waals surface area contributed by atoms with E-state index in [-0.39, 0.29) is 0 Å². The van der Waals surface area contributed by atoms with Crippen molar-refractivity contribution in [3.8, 4) is 11.5 Å². The molecule has 0 radical (unpaired) electrons. The number of aliphatic hydroxyl groups is 1. The molecular formula is C26H30N2O3S. The quantitative estimate of drug-likeness (QED) is 0.396. The second-order valence-corrected chi connectivity index (χ2v) is 9.86. The van der Waals surface area contributed by atoms with Crippen LogP contribution in [0.15, 0.2) is 54.7 Å². The number of thiophene rings is 1. The van der Waals surface area contributed by atoms with E-state index in [9.17, 15) is 5.11 Å². The Morgan fingerprint density at radius 1 is 1.16 bits per heavy atom. The summed E-state index contributed by atoms with van der Waals surface area (Å²) in [6.07, 6.45) is 3.60. The van der Waals surface area contributed by atoms with Crippen LogP contribution in [0.3, 0.4) is 0 Å². The van der Waals surface area contributed by atoms with Gasteiger partial charge in [-0.15, -0.1) is 11.3 Å². The van der Waals surface area contributed by atoms with Gasteiger partial charge in [0.1, 0.15) is 24.2 Å². The highest BCUT2D eigenvalue weighted by atomic mass is 32.1. The largest absolute Gasteiger partial charge is 0.496 e. The number of aliphatic hydroxyl groups excluding tert-OH is 1. The molecule has 0 saturated carbocycles. The van der Waals surface area contributed by atoms with E-state index in [4.69, 9.17) is 9.47 Å². The van der Waals surface area contributed by atoms with Crippen LogP contribution in [-0.2, 0) is 0 Å². The van der Waals surface area contributed by atoms with Gasteiger partial charge in [0.2, 0.25) is 0 Å². The van der Waals surface area contributed by atoms with Gasteiger partial charge in [-0.2, -0.15) is 0 Å². The molecule has 2 aromatic carbocycles. The number of rotatable bonds is 7. The van der Waals surface area contributed by atoms with E-state index in [2.05, 4.69) is 35.0 Å². The molecule has 0 aliphatic carbocycles. The average Bonchev–Trinajstić information content (AvgIpc) is 3.46. The van der Waals surface area contributed by atoms with Gasteiger partial charge in [-0.1, -0.05) is 12.1 Å². The third-order valence-electron chi connectivity index (χ3n) is 6.61. The second kappa shape index (κ2) is 9.14. The minimum absolute atomic E-state index is 0.299. The molecule has 1 aliphatic rings. The molecule has 2 N–H and O–H groups in total. The fraction of sp³-hybridized carbons (Fsp3) is 0.385. The average molecular weight is 451 g/mol. The number of nitrogens with one attached hydrogen (secondary N) is 1. The number of hydrogen-bond donors (Lipinski definition) is 2. The number of nitrogens with zero attached hydrogens (tertiary/aromatic N) is 1. The van der Waals surface area contributed by atoms with Crippen molar-refractivity contribution >= 4 is 32.3 Å². The molecule has 5 rings (SSSR count). The molecule has 32 heavy (non-hydrogen) atoms. The first kappa shape index (κ1) is 21.3. The molecule has 0 spiro atoms. The topological polar surface area (TPSA) is 57.7 Å². The van der Waals surface area contributed by atoms with E-state index < -0.39 is 6.10 Å². The summed E-state index contributed by atoms with van der Waals surface area (Å²) >= 11 is 1.89. The van der Waals surface area contributed by atoms with Crippen LogP contribution in [0.2, 0.25) is 0 Å². The number of ether oxygens (including phenoxy) is 2. The lowest BCUT2D eigenvalue weighted by atomic mass is 9.90. The van der Waals surface area contributed by atoms with E-state index in [1.165, 1.54) is 15.0 Å². The maximum Gasteiger partial charge on any atom is 0.128 e. The van der Waals surface area contributed by atoms with Gasteiger partial charge < -0.3 is 19.6 Å². The molecule has 3 atom stereocenters. The van der Waals surface area contributed by atoms with Gasteiger partial charge in [0.05, 0.1) is 7.11 Å². The fourth-order valence-corrected chi connectivity index (χ4v) is 6.10. The minimum Gasteiger partial charge on any atom is -0.496 e. The second-order valence-electron chi connectivity index (χ2n) is 8.75. The molecule has 0 amide bonds. The van der Waals surface area contributed by atoms with Gasteiger partial charge >= 0.3 is 0 Å². The lowest BCUT2D eigenvalue weighted by Gasteiger charge is -2.38. The lowest BCUT2D eigenvalue weighted by Crippen LogP contribution is -2.45. The van der Waals surface area contributed by atoms with Gasteiger partial charge in [-0.25, -0.2) is 0 Å². The first-order valence-corrected chi connectivity index (χ1v) is 12.1. The summed E-state index contributed by atoms with van der Waals surface area (Å²) < 4.78 is 12.8. The van der Waals surface area contributed by atoms with Crippen LogP contribution in [0.4, 0.5) is 0 Å². The highest BCUT2D eigenvalue weighted by Crippen LogP contribution is 2.40. The van der Waals surface area contributed by atoms with E-state index >= 15 is 0 Å². The number of hydrogen-bond acceptors (Lipinski definition) is 5. The third-order valence-corrected chi connectivity index (χ3v) is 7.87. The van der Waals surface area contributed by atoms with Crippen LogP contribution < -0.4 is 9.47 Å². The van der Waals surface area contributed by atoms with Crippen molar-refractivity contribution in [1.82, 2.24) is 9.88 Å². The summed E-state index contributed by atoms with van der Waals surface area (Å²) in [4.78, 5) is 7.04. The van der Waals surface area contributed by atoms with E-state index in [1.54, 1.807) is 7.11 Å². The van der Waals surface area contributed by atoms with E-state index in [0.29, 0.717) is 25.1 Å². The van der Waals surface area contributed by atoms with E-state index in [0.717, 1.165) is 41.8 Å². The minimum atomic E-state index is -0.517. The van der Waals surface area contributed by atoms with Crippen molar-refractivity contribution in [1.29, 1.82) is 0 Å². The van der Waals surface area contributed by atoms with E-state index in [1.807, 2.05) is 47.9 Å². The van der Waals surface area contributed by atoms with Gasteiger partial charge in [0.15, 0.2) is 0 Å². The standard InChI is InChI=1S/C26H30N2O3S/c1-17-13-18(26-14-21-23(30-2)6-4-8-25(21)32-26)10-12-28(17)15-19(29)16-31-24-7-3-5-22-20(24)9-11-27-22/h3-9,11,14,17-19,27,29H,10,12-13,15-16H2,1-2H3/t17-,18+,19-/m0/s1. The van der Waals surface area contributed by atoms with Gasteiger partial charge in [-0.05, 0) is 68.6 Å². The zero-order valence-corrected chi connectivity index (χ0v) is 19.4. The number of aromatic amines is 1. The monoisotopic (exact) mass is 450 g/mol. The van der Waals surface area contributed by atoms with Crippen molar-refractivity contribution in [2.24, 2.45) is 0 Å². The maximum absolute atomic E-state index is 10.7. The molecule has 2 aromatic heterocycles. The number of H-pyrrole nitrogens is 1. The summed E-state index contributed by atoms with van der Waals surface area (Å²) in [7, 11) is 1.74. The molecule has 0 bridgehead atoms. The lowest BCUT2D eigenvalue weighted by molar-refractivity contribution is 0.0408. The number of likely N-dealkylation sites (tertiary alicyclic amines) is 1. The van der Waals surface area contributed by atoms with Gasteiger partial charge in [0.25, 0.3) is 0 Å². The summed E-state index contributed by atoms with van der Waals surface area (Å²) in [6.45, 7) is 4.19. The summed E-state index contributed by atoms with van der Waals surface area (Å²) in [5.74, 6) is 2.33. The SMILES string of the molecule is COc1cccc2sc([C@@H]3CCN(C[C@H](O)COc4cccc5[nH]ccc45)[C@@H](C)C3)cc12. The molecule has 1 aliphatic heterocycles. The van der Waals surface area contributed by atoms with Gasteiger partial charge in [0, 0.05) is 44.6 Å². The Morgan fingerprint density at radius 3 is 2.84 bits per heavy atom. The highest BCUT2D eigenvalue weighted by Gasteiger charge is 2.29. The van der Waals surface area contributed by atoms with Crippen LogP contribution in [0.5, 0.6) is 11.5 Å². The predicted molar refractivity (Wildman–Crippen MR) is 131 cm³/mol. The van der Waals surface area contributed by atoms with Crippen LogP contribution in [0.25, 0.3) is 21.0 Å². The Morgan fingerprint density at radius 2 is 2.00 bits per heavy atom. The Kier molecular flexibility index (Phi) is 6.09. The summed E-state index contributed by atoms with van der Waals surface area (Å²) in [6, 6.07) is 17.0. The van der Waals surface area contributed by atoms with Crippen molar-refractivity contribution in [3.05, 3.63) is 59.6 Å². The smallest absolute Gasteiger partial charge is 0.128 e. The molecule has 5 nitrogen and oxygen atoms in total. The zero-order valence-electron chi connectivity index (χ0n) is 18.6. The molecule has 168 valence electrons. The number of methoxy groups -OCH3 is 1. The Bertz CT molecular complexity index is 1200. The zero-order chi connectivity index (χ0) is 22.1. The molecule has 6 heteroatoms. The van der Waals surface area contributed by atoms with Crippen molar-refractivity contribution in [2.45, 2.75) is 37.8 Å². The van der Waals surface area contributed by atoms with Crippen LogP contribution in [-0.4, -0.2) is 53.9 Å². The first-order chi connectivity index (χ1) is 15.6. The summed E-state index contributed by atoms with van der Waals surface area (Å²) in [5, 5.41) is 12.9. The van der Waals surface area contributed by atoms with Crippen molar-refractivity contribution in [2.75, 3.05) is 26.8 Å². The Balaban J connectivity index is 1.18. The number of benzene rings is 2. The van der Waals surface area contributed by atoms with Crippen LogP contribution in [0.1, 0.15) is 30.6 Å². The molecule has 3 heterocycles. The normalized spacial score (nSPS) is 20.6. The molecule has 4 aromatic rings. The molecule has 1 fully saturated rings. The molecule has 0 unspecified atom stereocenters. The fourth-order valence-electron chi connectivity index (χ4n) is 4.88. The highest BCUT2D eigenvalue weighted by molar-refractivity contribution is 7.19. The van der Waals surface area contributed by atoms with Gasteiger partial charge in [-0.3, -0.25) is 4.90 Å². The van der Waals surface area contributed by atoms with Crippen molar-refractivity contribution < 1.29 is 14.6 Å². The first-order valence-electron chi connectivity index (χ1n) is 11.3. The van der Waals surface area contributed by atoms with Crippen LogP contribution >= 0.6 is 11.3 Å². The molecule has 1 saturated heterocycles. The molecular weight excluding hydrogens is 420 g/mol. The van der Waals surface area contributed by atoms with Crippen LogP contribution in [0, 0.1) is 0 Å². The Hall–Kier alpha value is -2.54. The number of β-amino-alcohol motifs (C(OH)–C–C–N with tert-alkyl or cyclic N) is 1.